The maximum atomic E-state index is 12.6. The first-order chi connectivity index (χ1) is 9.72. The van der Waals surface area contributed by atoms with E-state index in [9.17, 15) is 4.57 Å². The predicted molar refractivity (Wildman–Crippen MR) is 73.4 cm³/mol. The zero-order chi connectivity index (χ0) is 14.3. The van der Waals surface area contributed by atoms with Gasteiger partial charge in [-0.2, -0.15) is 15.4 Å². The summed E-state index contributed by atoms with van der Waals surface area (Å²) in [4.78, 5) is 0. The minimum atomic E-state index is -3.71. The summed E-state index contributed by atoms with van der Waals surface area (Å²) in [5.74, 6) is 0. The molecule has 114 valence electrons. The van der Waals surface area contributed by atoms with E-state index < -0.39 is 7.82 Å². The Kier molecular flexibility index (Phi) is 6.31. The lowest BCUT2D eigenvalue weighted by atomic mass is 9.98. The molecule has 0 bridgehead atoms. The molecule has 2 aliphatic rings. The van der Waals surface area contributed by atoms with Gasteiger partial charge in [0, 0.05) is 0 Å². The number of nitrogens with zero attached hydrogens (tertiary/aromatic N) is 1. The summed E-state index contributed by atoms with van der Waals surface area (Å²) >= 11 is 0. The molecule has 7 heteroatoms. The van der Waals surface area contributed by atoms with Crippen LogP contribution in [0.2, 0.25) is 0 Å². The SMILES string of the molecule is N#CNOP(=O)(OC1CCCCC1)OC1CCCCC1. The quantitative estimate of drug-likeness (QED) is 0.348. The molecule has 0 aliphatic heterocycles. The predicted octanol–water partition coefficient (Wildman–Crippen LogP) is 3.80. The maximum Gasteiger partial charge on any atom is 0.497 e. The van der Waals surface area contributed by atoms with Crippen LogP contribution in [0, 0.1) is 11.5 Å². The van der Waals surface area contributed by atoms with E-state index in [1.807, 2.05) is 5.48 Å². The van der Waals surface area contributed by atoms with Gasteiger partial charge in [-0.15, -0.1) is 0 Å². The van der Waals surface area contributed by atoms with Crippen LogP contribution in [0.1, 0.15) is 64.2 Å². The normalized spacial score (nSPS) is 22.4. The highest BCUT2D eigenvalue weighted by molar-refractivity contribution is 7.48. The smallest absolute Gasteiger partial charge is 0.282 e. The molecule has 0 spiro atoms. The van der Waals surface area contributed by atoms with Gasteiger partial charge in [0.25, 0.3) is 0 Å². The van der Waals surface area contributed by atoms with E-state index in [0.717, 1.165) is 51.4 Å². The van der Waals surface area contributed by atoms with E-state index >= 15 is 0 Å². The number of rotatable bonds is 6. The van der Waals surface area contributed by atoms with Crippen LogP contribution < -0.4 is 5.48 Å². The van der Waals surface area contributed by atoms with E-state index in [-0.39, 0.29) is 12.2 Å². The minimum absolute atomic E-state index is 0.0985. The molecule has 0 aromatic carbocycles. The number of hydrogen-bond donors (Lipinski definition) is 1. The van der Waals surface area contributed by atoms with Gasteiger partial charge in [-0.25, -0.2) is 4.57 Å². The van der Waals surface area contributed by atoms with Crippen LogP contribution in [-0.2, 0) is 18.2 Å². The Labute approximate surface area is 120 Å². The molecule has 2 rings (SSSR count). The molecular weight excluding hydrogens is 279 g/mol. The Morgan fingerprint density at radius 3 is 1.75 bits per heavy atom. The third-order valence-electron chi connectivity index (χ3n) is 3.86. The highest BCUT2D eigenvalue weighted by Gasteiger charge is 2.35. The first-order valence-electron chi connectivity index (χ1n) is 7.51. The molecule has 0 unspecified atom stereocenters. The van der Waals surface area contributed by atoms with Crippen molar-refractivity contribution >= 4 is 7.82 Å². The average molecular weight is 302 g/mol. The van der Waals surface area contributed by atoms with Crippen LogP contribution in [0.15, 0.2) is 0 Å². The first kappa shape index (κ1) is 15.8. The van der Waals surface area contributed by atoms with E-state index in [0.29, 0.717) is 0 Å². The monoisotopic (exact) mass is 302 g/mol. The van der Waals surface area contributed by atoms with E-state index in [1.54, 1.807) is 6.19 Å². The second kappa shape index (κ2) is 7.99. The molecule has 2 aliphatic carbocycles. The maximum absolute atomic E-state index is 12.6. The molecule has 2 saturated carbocycles. The Morgan fingerprint density at radius 2 is 1.35 bits per heavy atom. The summed E-state index contributed by atoms with van der Waals surface area (Å²) in [5, 5.41) is 8.52. The summed E-state index contributed by atoms with van der Waals surface area (Å²) in [6.45, 7) is 0. The molecular formula is C13H23N2O4P. The molecule has 0 amide bonds. The number of phosphoric acid groups is 1. The van der Waals surface area contributed by atoms with Crippen LogP contribution in [-0.4, -0.2) is 12.2 Å². The summed E-state index contributed by atoms with van der Waals surface area (Å²) in [6.07, 6.45) is 11.5. The molecule has 1 N–H and O–H groups in total. The standard InChI is InChI=1S/C13H23N2O4P/c14-11-15-19-20(16,17-12-7-3-1-4-8-12)18-13-9-5-2-6-10-13/h12-13,15H,1-10H2. The van der Waals surface area contributed by atoms with Crippen molar-refractivity contribution in [2.24, 2.45) is 0 Å². The third-order valence-corrected chi connectivity index (χ3v) is 5.29. The molecule has 0 aromatic rings. The van der Waals surface area contributed by atoms with Gasteiger partial charge in [-0.1, -0.05) is 38.5 Å². The molecule has 2 fully saturated rings. The molecule has 0 atom stereocenters. The largest absolute Gasteiger partial charge is 0.497 e. The second-order valence-electron chi connectivity index (χ2n) is 5.48. The van der Waals surface area contributed by atoms with Crippen molar-refractivity contribution < 1.29 is 18.2 Å². The average Bonchev–Trinajstić information content (AvgIpc) is 2.47. The molecule has 6 nitrogen and oxygen atoms in total. The van der Waals surface area contributed by atoms with Gasteiger partial charge in [0.1, 0.15) is 0 Å². The summed E-state index contributed by atoms with van der Waals surface area (Å²) in [5.41, 5.74) is 1.96. The van der Waals surface area contributed by atoms with Crippen molar-refractivity contribution in [2.75, 3.05) is 0 Å². The highest BCUT2D eigenvalue weighted by atomic mass is 31.2. The zero-order valence-electron chi connectivity index (χ0n) is 11.8. The van der Waals surface area contributed by atoms with Gasteiger partial charge in [-0.05, 0) is 25.7 Å². The number of nitrogens with one attached hydrogen (secondary N) is 1. The molecule has 0 heterocycles. The molecule has 20 heavy (non-hydrogen) atoms. The van der Waals surface area contributed by atoms with E-state index in [1.165, 1.54) is 12.8 Å². The van der Waals surface area contributed by atoms with Gasteiger partial charge < -0.3 is 0 Å². The van der Waals surface area contributed by atoms with Crippen molar-refractivity contribution in [1.29, 1.82) is 5.26 Å². The Morgan fingerprint density at radius 1 is 0.900 bits per heavy atom. The molecule has 0 radical (unpaired) electrons. The van der Waals surface area contributed by atoms with Gasteiger partial charge in [0.05, 0.1) is 12.2 Å². The minimum Gasteiger partial charge on any atom is -0.282 e. The van der Waals surface area contributed by atoms with Crippen LogP contribution in [0.5, 0.6) is 0 Å². The number of nitriles is 1. The number of hydrogen-bond acceptors (Lipinski definition) is 6. The Balaban J connectivity index is 1.92. The second-order valence-corrected chi connectivity index (χ2v) is 6.98. The van der Waals surface area contributed by atoms with Crippen LogP contribution in [0.4, 0.5) is 0 Å². The lowest BCUT2D eigenvalue weighted by molar-refractivity contribution is 0.0182. The van der Waals surface area contributed by atoms with Crippen molar-refractivity contribution in [3.63, 3.8) is 0 Å². The summed E-state index contributed by atoms with van der Waals surface area (Å²) in [6, 6.07) is 0. The zero-order valence-corrected chi connectivity index (χ0v) is 12.6. The van der Waals surface area contributed by atoms with Gasteiger partial charge >= 0.3 is 7.82 Å². The lowest BCUT2D eigenvalue weighted by Gasteiger charge is -2.29. The lowest BCUT2D eigenvalue weighted by Crippen LogP contribution is -2.23. The van der Waals surface area contributed by atoms with Crippen molar-refractivity contribution in [1.82, 2.24) is 5.48 Å². The van der Waals surface area contributed by atoms with Gasteiger partial charge in [0.15, 0.2) is 0 Å². The number of hydroxylamine groups is 1. The van der Waals surface area contributed by atoms with Crippen LogP contribution >= 0.6 is 7.82 Å². The van der Waals surface area contributed by atoms with Crippen molar-refractivity contribution in [3.05, 3.63) is 0 Å². The fourth-order valence-electron chi connectivity index (χ4n) is 2.85. The van der Waals surface area contributed by atoms with Crippen LogP contribution in [0.3, 0.4) is 0 Å². The first-order valence-corrected chi connectivity index (χ1v) is 8.97. The third kappa shape index (κ3) is 5.06. The topological polar surface area (TPSA) is 80.6 Å². The number of phosphoric ester groups is 1. The summed E-state index contributed by atoms with van der Waals surface area (Å²) in [7, 11) is -3.71. The van der Waals surface area contributed by atoms with Crippen LogP contribution in [0.25, 0.3) is 0 Å². The summed E-state index contributed by atoms with van der Waals surface area (Å²) < 4.78 is 28.7. The molecule has 0 saturated heterocycles. The van der Waals surface area contributed by atoms with E-state index in [2.05, 4.69) is 0 Å². The Hall–Kier alpha value is -0.600. The molecule has 0 aromatic heterocycles. The van der Waals surface area contributed by atoms with Gasteiger partial charge in [-0.3, -0.25) is 9.05 Å². The highest BCUT2D eigenvalue weighted by Crippen LogP contribution is 2.53. The Bertz CT molecular complexity index is 349. The fraction of sp³-hybridized carbons (Fsp3) is 0.923. The van der Waals surface area contributed by atoms with Crippen molar-refractivity contribution in [3.8, 4) is 6.19 Å². The van der Waals surface area contributed by atoms with Gasteiger partial charge in [0.2, 0.25) is 6.19 Å². The fourth-order valence-corrected chi connectivity index (χ4v) is 4.29. The van der Waals surface area contributed by atoms with Crippen molar-refractivity contribution in [2.45, 2.75) is 76.4 Å². The van der Waals surface area contributed by atoms with E-state index in [4.69, 9.17) is 18.9 Å².